The molecule has 242 valence electrons. The van der Waals surface area contributed by atoms with Crippen LogP contribution in [0, 0.1) is 17.1 Å². The average Bonchev–Trinajstić information content (AvgIpc) is 3.50. The second-order valence-electron chi connectivity index (χ2n) is 13.5. The quantitative estimate of drug-likeness (QED) is 0.176. The summed E-state index contributed by atoms with van der Waals surface area (Å²) in [4.78, 5) is 5.09. The fourth-order valence-electron chi connectivity index (χ4n) is 8.61. The zero-order chi connectivity index (χ0) is 34.8. The lowest BCUT2D eigenvalue weighted by molar-refractivity contribution is 0.628. The Morgan fingerprint density at radius 1 is 0.481 bits per heavy atom. The van der Waals surface area contributed by atoms with Gasteiger partial charge in [0.05, 0.1) is 28.3 Å². The van der Waals surface area contributed by atoms with Gasteiger partial charge in [-0.1, -0.05) is 127 Å². The van der Waals surface area contributed by atoms with Crippen molar-refractivity contribution in [2.45, 2.75) is 5.41 Å². The predicted octanol–water partition coefficient (Wildman–Crippen LogP) is 12.2. The third kappa shape index (κ3) is 4.31. The number of nitriles is 1. The Morgan fingerprint density at radius 3 is 1.83 bits per heavy atom. The topological polar surface area (TPSA) is 36.7 Å². The van der Waals surface area contributed by atoms with Gasteiger partial charge in [-0.2, -0.15) is 5.26 Å². The van der Waals surface area contributed by atoms with Crippen LogP contribution in [0.1, 0.15) is 27.8 Å². The minimum atomic E-state index is -0.626. The minimum absolute atomic E-state index is 0.268. The molecule has 10 rings (SSSR count). The summed E-state index contributed by atoms with van der Waals surface area (Å²) >= 11 is 0. The van der Waals surface area contributed by atoms with E-state index in [1.54, 1.807) is 12.1 Å². The first kappa shape index (κ1) is 30.0. The van der Waals surface area contributed by atoms with Crippen LogP contribution < -0.4 is 0 Å². The molecule has 0 radical (unpaired) electrons. The lowest BCUT2D eigenvalue weighted by Gasteiger charge is -2.34. The summed E-state index contributed by atoms with van der Waals surface area (Å²) in [6.07, 6.45) is 0. The first-order valence-electron chi connectivity index (χ1n) is 17.5. The van der Waals surface area contributed by atoms with E-state index in [1.807, 2.05) is 18.2 Å². The predicted molar refractivity (Wildman–Crippen MR) is 210 cm³/mol. The fraction of sp³-hybridized carbons (Fsp3) is 0.0204. The average molecular weight is 665 g/mol. The molecule has 0 saturated heterocycles. The van der Waals surface area contributed by atoms with Crippen molar-refractivity contribution < 1.29 is 4.39 Å². The summed E-state index contributed by atoms with van der Waals surface area (Å²) in [5.74, 6) is -0.268. The maximum Gasteiger partial charge on any atom is 0.123 e. The normalized spacial score (nSPS) is 12.8. The molecule has 0 unspecified atom stereocenters. The largest absolute Gasteiger partial charge is 0.247 e. The Bertz CT molecular complexity index is 2870. The molecule has 1 aliphatic carbocycles. The number of hydrogen-bond donors (Lipinski definition) is 0. The molecule has 1 heterocycles. The highest BCUT2D eigenvalue weighted by Gasteiger charge is 2.46. The molecule has 0 bridgehead atoms. The van der Waals surface area contributed by atoms with Gasteiger partial charge in [0, 0.05) is 21.7 Å². The Kier molecular flexibility index (Phi) is 6.68. The van der Waals surface area contributed by atoms with Crippen LogP contribution in [0.5, 0.6) is 0 Å². The Morgan fingerprint density at radius 2 is 1.10 bits per heavy atom. The SMILES string of the molecule is N#Cc1ccc2c(c1)C(c1ccccc1)(c1ccccc1)c1cc(-c3cccc4c3ccc3c(-c5ccc(F)cc5)nc5ccccc5c34)ccc1-2. The van der Waals surface area contributed by atoms with E-state index in [9.17, 15) is 9.65 Å². The number of aromatic nitrogens is 1. The Hall–Kier alpha value is -6.89. The van der Waals surface area contributed by atoms with Crippen molar-refractivity contribution in [1.82, 2.24) is 4.98 Å². The number of para-hydroxylation sites is 1. The van der Waals surface area contributed by atoms with Gasteiger partial charge < -0.3 is 0 Å². The molecule has 1 aliphatic rings. The molecule has 52 heavy (non-hydrogen) atoms. The van der Waals surface area contributed by atoms with E-state index in [-0.39, 0.29) is 5.82 Å². The molecule has 0 amide bonds. The van der Waals surface area contributed by atoms with Crippen LogP contribution in [0.15, 0.2) is 176 Å². The summed E-state index contributed by atoms with van der Waals surface area (Å²) < 4.78 is 14.0. The van der Waals surface area contributed by atoms with Gasteiger partial charge in [0.15, 0.2) is 0 Å². The van der Waals surface area contributed by atoms with Gasteiger partial charge in [-0.25, -0.2) is 9.37 Å². The van der Waals surface area contributed by atoms with Gasteiger partial charge in [0.25, 0.3) is 0 Å². The van der Waals surface area contributed by atoms with Crippen molar-refractivity contribution in [3.63, 3.8) is 0 Å². The maximum absolute atomic E-state index is 14.0. The van der Waals surface area contributed by atoms with Gasteiger partial charge >= 0.3 is 0 Å². The van der Waals surface area contributed by atoms with Gasteiger partial charge in [0.2, 0.25) is 0 Å². The lowest BCUT2D eigenvalue weighted by atomic mass is 9.67. The summed E-state index contributed by atoms with van der Waals surface area (Å²) in [6.45, 7) is 0. The van der Waals surface area contributed by atoms with Gasteiger partial charge in [0.1, 0.15) is 5.82 Å². The fourth-order valence-corrected chi connectivity index (χ4v) is 8.61. The van der Waals surface area contributed by atoms with Gasteiger partial charge in [-0.3, -0.25) is 0 Å². The number of fused-ring (bicyclic) bond motifs is 8. The van der Waals surface area contributed by atoms with E-state index in [0.29, 0.717) is 5.56 Å². The second-order valence-corrected chi connectivity index (χ2v) is 13.5. The summed E-state index contributed by atoms with van der Waals surface area (Å²) in [7, 11) is 0. The molecule has 0 fully saturated rings. The van der Waals surface area contributed by atoms with Crippen LogP contribution in [-0.2, 0) is 5.41 Å². The van der Waals surface area contributed by atoms with Crippen LogP contribution in [0.4, 0.5) is 4.39 Å². The van der Waals surface area contributed by atoms with Crippen LogP contribution in [0.2, 0.25) is 0 Å². The lowest BCUT2D eigenvalue weighted by Crippen LogP contribution is -2.28. The highest BCUT2D eigenvalue weighted by molar-refractivity contribution is 6.24. The van der Waals surface area contributed by atoms with Gasteiger partial charge in [-0.15, -0.1) is 0 Å². The molecular formula is C49H29FN2. The number of benzene rings is 8. The van der Waals surface area contributed by atoms with Crippen LogP contribution in [0.25, 0.3) is 66.0 Å². The van der Waals surface area contributed by atoms with Crippen molar-refractivity contribution in [2.24, 2.45) is 0 Å². The summed E-state index contributed by atoms with van der Waals surface area (Å²) in [5.41, 5.74) is 11.8. The van der Waals surface area contributed by atoms with E-state index in [1.165, 1.54) is 23.3 Å². The highest BCUT2D eigenvalue weighted by atomic mass is 19.1. The smallest absolute Gasteiger partial charge is 0.123 e. The molecule has 0 atom stereocenters. The summed E-state index contributed by atoms with van der Waals surface area (Å²) in [5, 5.41) is 15.6. The highest BCUT2D eigenvalue weighted by Crippen LogP contribution is 2.57. The Balaban J connectivity index is 1.26. The monoisotopic (exact) mass is 664 g/mol. The van der Waals surface area contributed by atoms with Gasteiger partial charge in [-0.05, 0) is 104 Å². The molecule has 0 aliphatic heterocycles. The minimum Gasteiger partial charge on any atom is -0.247 e. The molecule has 0 N–H and O–H groups in total. The second kappa shape index (κ2) is 11.6. The van der Waals surface area contributed by atoms with E-state index >= 15 is 0 Å². The number of pyridine rings is 1. The van der Waals surface area contributed by atoms with Crippen molar-refractivity contribution in [3.8, 4) is 39.6 Å². The zero-order valence-corrected chi connectivity index (χ0v) is 28.0. The van der Waals surface area contributed by atoms with Crippen molar-refractivity contribution in [2.75, 3.05) is 0 Å². The van der Waals surface area contributed by atoms with Crippen LogP contribution in [-0.4, -0.2) is 4.98 Å². The molecular weight excluding hydrogens is 636 g/mol. The third-order valence-corrected chi connectivity index (χ3v) is 10.8. The van der Waals surface area contributed by atoms with Crippen molar-refractivity contribution in [3.05, 3.63) is 210 Å². The summed E-state index contributed by atoms with van der Waals surface area (Å²) in [6, 6.07) is 62.6. The number of hydrogen-bond acceptors (Lipinski definition) is 2. The zero-order valence-electron chi connectivity index (χ0n) is 28.0. The molecule has 8 aromatic carbocycles. The maximum atomic E-state index is 14.0. The third-order valence-electron chi connectivity index (χ3n) is 10.8. The van der Waals surface area contributed by atoms with E-state index in [0.717, 1.165) is 77.1 Å². The van der Waals surface area contributed by atoms with Crippen molar-refractivity contribution in [1.29, 1.82) is 5.26 Å². The first-order chi connectivity index (χ1) is 25.6. The molecule has 1 aromatic heterocycles. The number of rotatable bonds is 4. The van der Waals surface area contributed by atoms with Crippen molar-refractivity contribution >= 4 is 32.4 Å². The van der Waals surface area contributed by atoms with E-state index in [4.69, 9.17) is 4.98 Å². The molecule has 0 spiro atoms. The number of nitrogens with zero attached hydrogens (tertiary/aromatic N) is 2. The van der Waals surface area contributed by atoms with Crippen LogP contribution >= 0.6 is 0 Å². The molecule has 0 saturated carbocycles. The van der Waals surface area contributed by atoms with Crippen LogP contribution in [0.3, 0.4) is 0 Å². The van der Waals surface area contributed by atoms with E-state index in [2.05, 4.69) is 140 Å². The molecule has 3 heteroatoms. The molecule has 2 nitrogen and oxygen atoms in total. The first-order valence-corrected chi connectivity index (χ1v) is 17.5. The van der Waals surface area contributed by atoms with E-state index < -0.39 is 5.41 Å². The number of halogens is 1. The standard InChI is InChI=1S/C49H29FN2/c50-36-22-19-32(20-23-36)48-43-27-26-38-37(15-9-16-41(38)47(43)42-14-7-8-17-46(42)52-48)33-21-25-40-39-24-18-31(30-51)28-44(39)49(45(40)29-33,34-10-3-1-4-11-34)35-12-5-2-6-13-35/h1-29H. The Labute approximate surface area is 300 Å². The molecule has 9 aromatic rings.